The Hall–Kier alpha value is -1.06. The predicted octanol–water partition coefficient (Wildman–Crippen LogP) is 2.42. The van der Waals surface area contributed by atoms with Crippen molar-refractivity contribution in [2.75, 3.05) is 19.0 Å². The molecular formula is C12H15F3N2O3S. The molecule has 0 unspecified atom stereocenters. The quantitative estimate of drug-likeness (QED) is 0.512. The minimum atomic E-state index is -4.63. The lowest BCUT2D eigenvalue weighted by Gasteiger charge is -2.22. The first-order valence-electron chi connectivity index (χ1n) is 6.50. The van der Waals surface area contributed by atoms with Crippen molar-refractivity contribution in [3.63, 3.8) is 0 Å². The number of hydrogen-bond acceptors (Lipinski definition) is 5. The third kappa shape index (κ3) is 5.33. The Morgan fingerprint density at radius 1 is 1.48 bits per heavy atom. The lowest BCUT2D eigenvalue weighted by Crippen LogP contribution is -2.23. The van der Waals surface area contributed by atoms with E-state index in [4.69, 9.17) is 9.47 Å². The lowest BCUT2D eigenvalue weighted by atomic mass is 10.2. The van der Waals surface area contributed by atoms with Crippen LogP contribution in [0.1, 0.15) is 25.0 Å². The molecule has 1 saturated heterocycles. The van der Waals surface area contributed by atoms with Gasteiger partial charge in [0, 0.05) is 18.4 Å². The molecule has 1 atom stereocenters. The van der Waals surface area contributed by atoms with Crippen LogP contribution < -0.4 is 5.56 Å². The summed E-state index contributed by atoms with van der Waals surface area (Å²) in [5.41, 5.74) is -2.01. The molecule has 0 aromatic carbocycles. The van der Waals surface area contributed by atoms with Crippen LogP contribution in [0.2, 0.25) is 0 Å². The Balaban J connectivity index is 1.82. The van der Waals surface area contributed by atoms with Crippen LogP contribution in [0.15, 0.2) is 16.0 Å². The van der Waals surface area contributed by atoms with E-state index in [-0.39, 0.29) is 11.4 Å². The van der Waals surface area contributed by atoms with Crippen molar-refractivity contribution in [1.29, 1.82) is 0 Å². The van der Waals surface area contributed by atoms with E-state index in [2.05, 4.69) is 9.97 Å². The fourth-order valence-electron chi connectivity index (χ4n) is 1.81. The van der Waals surface area contributed by atoms with E-state index in [1.165, 1.54) is 0 Å². The zero-order valence-corrected chi connectivity index (χ0v) is 11.9. The van der Waals surface area contributed by atoms with Crippen molar-refractivity contribution >= 4 is 11.8 Å². The van der Waals surface area contributed by atoms with Gasteiger partial charge in [-0.25, -0.2) is 4.98 Å². The van der Waals surface area contributed by atoms with E-state index < -0.39 is 17.4 Å². The van der Waals surface area contributed by atoms with Gasteiger partial charge in [0.05, 0.1) is 6.61 Å². The van der Waals surface area contributed by atoms with Crippen molar-refractivity contribution in [2.24, 2.45) is 0 Å². The van der Waals surface area contributed by atoms with Crippen molar-refractivity contribution in [1.82, 2.24) is 9.97 Å². The topological polar surface area (TPSA) is 64.2 Å². The van der Waals surface area contributed by atoms with E-state index in [1.54, 1.807) is 0 Å². The molecule has 0 radical (unpaired) electrons. The monoisotopic (exact) mass is 324 g/mol. The fraction of sp³-hybridized carbons (Fsp3) is 0.667. The second-order valence-corrected chi connectivity index (χ2v) is 5.53. The highest BCUT2D eigenvalue weighted by molar-refractivity contribution is 7.99. The molecule has 1 N–H and O–H groups in total. The summed E-state index contributed by atoms with van der Waals surface area (Å²) >= 11 is 1.01. The molecule has 2 heterocycles. The van der Waals surface area contributed by atoms with E-state index in [0.29, 0.717) is 25.0 Å². The summed E-state index contributed by atoms with van der Waals surface area (Å²) < 4.78 is 48.3. The van der Waals surface area contributed by atoms with Gasteiger partial charge in [-0.15, -0.1) is 0 Å². The summed E-state index contributed by atoms with van der Waals surface area (Å²) in [4.78, 5) is 16.8. The number of halogens is 3. The summed E-state index contributed by atoms with van der Waals surface area (Å²) in [5.74, 6) is 0.379. The number of rotatable bonds is 5. The van der Waals surface area contributed by atoms with Crippen LogP contribution in [0.25, 0.3) is 0 Å². The van der Waals surface area contributed by atoms with Gasteiger partial charge < -0.3 is 14.5 Å². The molecular weight excluding hydrogens is 309 g/mol. The first kappa shape index (κ1) is 16.3. The zero-order chi connectivity index (χ0) is 15.3. The molecule has 21 heavy (non-hydrogen) atoms. The zero-order valence-electron chi connectivity index (χ0n) is 11.1. The number of ether oxygens (including phenoxy) is 2. The van der Waals surface area contributed by atoms with Crippen LogP contribution in [0.5, 0.6) is 0 Å². The van der Waals surface area contributed by atoms with Crippen molar-refractivity contribution in [3.05, 3.63) is 22.1 Å². The number of alkyl halides is 3. The van der Waals surface area contributed by atoms with Crippen molar-refractivity contribution in [3.8, 4) is 0 Å². The minimum absolute atomic E-state index is 0.0667. The molecule has 118 valence electrons. The van der Waals surface area contributed by atoms with E-state index in [1.807, 2.05) is 0 Å². The van der Waals surface area contributed by atoms with Crippen molar-refractivity contribution < 1.29 is 22.6 Å². The molecule has 0 saturated carbocycles. The largest absolute Gasteiger partial charge is 0.433 e. The molecule has 0 aliphatic carbocycles. The smallest absolute Gasteiger partial charge is 0.353 e. The Bertz CT molecular complexity index is 515. The molecule has 1 aliphatic rings. The van der Waals surface area contributed by atoms with Crippen molar-refractivity contribution in [2.45, 2.75) is 36.9 Å². The highest BCUT2D eigenvalue weighted by Crippen LogP contribution is 2.27. The molecule has 0 bridgehead atoms. The van der Waals surface area contributed by atoms with Gasteiger partial charge in [0.15, 0.2) is 17.1 Å². The SMILES string of the molecule is O=c1cc(C(F)(F)F)nc(SCCO[C@H]2CCCCO2)[nH]1. The van der Waals surface area contributed by atoms with Gasteiger partial charge in [-0.1, -0.05) is 11.8 Å². The van der Waals surface area contributed by atoms with Gasteiger partial charge in [-0.2, -0.15) is 13.2 Å². The Morgan fingerprint density at radius 3 is 2.95 bits per heavy atom. The number of aromatic amines is 1. The van der Waals surface area contributed by atoms with Crippen LogP contribution in [-0.4, -0.2) is 35.2 Å². The third-order valence-electron chi connectivity index (χ3n) is 2.77. The van der Waals surface area contributed by atoms with Crippen LogP contribution in [0, 0.1) is 0 Å². The number of hydrogen-bond donors (Lipinski definition) is 1. The highest BCUT2D eigenvalue weighted by atomic mass is 32.2. The molecule has 1 aromatic heterocycles. The fourth-order valence-corrected chi connectivity index (χ4v) is 2.52. The molecule has 5 nitrogen and oxygen atoms in total. The molecule has 1 aliphatic heterocycles. The van der Waals surface area contributed by atoms with Gasteiger partial charge in [-0.3, -0.25) is 4.79 Å². The van der Waals surface area contributed by atoms with Gasteiger partial charge in [0.1, 0.15) is 0 Å². The molecule has 0 spiro atoms. The first-order chi connectivity index (χ1) is 9.95. The summed E-state index contributed by atoms with van der Waals surface area (Å²) in [5, 5.41) is -0.0667. The maximum absolute atomic E-state index is 12.5. The standard InChI is InChI=1S/C12H15F3N2O3S/c13-12(14,15)8-7-9(18)17-11(16-8)21-6-5-20-10-3-1-2-4-19-10/h7,10H,1-6H2,(H,16,17,18)/t10-/m0/s1. The maximum atomic E-state index is 12.5. The van der Waals surface area contributed by atoms with Gasteiger partial charge in [-0.05, 0) is 19.3 Å². The van der Waals surface area contributed by atoms with Crippen LogP contribution in [-0.2, 0) is 15.7 Å². The second-order valence-electron chi connectivity index (χ2n) is 4.45. The van der Waals surface area contributed by atoms with Crippen LogP contribution >= 0.6 is 11.8 Å². The number of nitrogens with zero attached hydrogens (tertiary/aromatic N) is 1. The van der Waals surface area contributed by atoms with E-state index >= 15 is 0 Å². The molecule has 0 amide bonds. The summed E-state index contributed by atoms with van der Waals surface area (Å²) in [7, 11) is 0. The van der Waals surface area contributed by atoms with E-state index in [9.17, 15) is 18.0 Å². The normalized spacial score (nSPS) is 19.7. The predicted molar refractivity (Wildman–Crippen MR) is 70.1 cm³/mol. The highest BCUT2D eigenvalue weighted by Gasteiger charge is 2.33. The average molecular weight is 324 g/mol. The molecule has 1 aromatic rings. The van der Waals surface area contributed by atoms with Gasteiger partial charge in [0.25, 0.3) is 5.56 Å². The third-order valence-corrected chi connectivity index (χ3v) is 3.61. The Kier molecular flexibility index (Phi) is 5.65. The van der Waals surface area contributed by atoms with E-state index in [0.717, 1.165) is 31.0 Å². The van der Waals surface area contributed by atoms with Gasteiger partial charge >= 0.3 is 6.18 Å². The number of thioether (sulfide) groups is 1. The molecule has 2 rings (SSSR count). The Labute approximate surface area is 123 Å². The van der Waals surface area contributed by atoms with Crippen LogP contribution in [0.3, 0.4) is 0 Å². The van der Waals surface area contributed by atoms with Crippen LogP contribution in [0.4, 0.5) is 13.2 Å². The first-order valence-corrected chi connectivity index (χ1v) is 7.48. The molecule has 9 heteroatoms. The number of aromatic nitrogens is 2. The maximum Gasteiger partial charge on any atom is 0.433 e. The summed E-state index contributed by atoms with van der Waals surface area (Å²) in [6.07, 6.45) is -1.99. The Morgan fingerprint density at radius 2 is 2.29 bits per heavy atom. The van der Waals surface area contributed by atoms with Gasteiger partial charge in [0.2, 0.25) is 0 Å². The lowest BCUT2D eigenvalue weighted by molar-refractivity contribution is -0.158. The minimum Gasteiger partial charge on any atom is -0.353 e. The number of H-pyrrole nitrogens is 1. The second kappa shape index (κ2) is 7.28. The number of nitrogens with one attached hydrogen (secondary N) is 1. The molecule has 1 fully saturated rings. The summed E-state index contributed by atoms with van der Waals surface area (Å²) in [6, 6.07) is 0.441. The average Bonchev–Trinajstić information content (AvgIpc) is 2.43. The summed E-state index contributed by atoms with van der Waals surface area (Å²) in [6.45, 7) is 0.982.